The van der Waals surface area contributed by atoms with Gasteiger partial charge in [0.25, 0.3) is 0 Å². The van der Waals surface area contributed by atoms with Crippen LogP contribution >= 0.6 is 39.7 Å². The summed E-state index contributed by atoms with van der Waals surface area (Å²) in [6, 6.07) is 9.33. The summed E-state index contributed by atoms with van der Waals surface area (Å²) in [6.45, 7) is 0. The first-order chi connectivity index (χ1) is 12.8. The van der Waals surface area contributed by atoms with Crippen molar-refractivity contribution in [1.82, 2.24) is 5.32 Å². The third kappa shape index (κ3) is 6.06. The highest BCUT2D eigenvalue weighted by atomic mass is 79.9. The number of hydrogen-bond donors (Lipinski definition) is 2. The zero-order valence-electron chi connectivity index (χ0n) is 13.9. The summed E-state index contributed by atoms with van der Waals surface area (Å²) in [4.78, 5) is 23.0. The van der Waals surface area contributed by atoms with Gasteiger partial charge in [0, 0.05) is 16.1 Å². The van der Waals surface area contributed by atoms with Gasteiger partial charge in [0.1, 0.15) is 5.75 Å². The van der Waals surface area contributed by atoms with Gasteiger partial charge in [-0.2, -0.15) is 0 Å². The van der Waals surface area contributed by atoms with Gasteiger partial charge in [0.05, 0.1) is 23.8 Å². The second-order valence-corrected chi connectivity index (χ2v) is 6.88. The normalized spacial score (nSPS) is 10.5. The fourth-order valence-electron chi connectivity index (χ4n) is 2.06. The van der Waals surface area contributed by atoms with Crippen LogP contribution in [0.5, 0.6) is 5.75 Å². The molecule has 27 heavy (non-hydrogen) atoms. The summed E-state index contributed by atoms with van der Waals surface area (Å²) < 4.78 is 6.06. The number of aromatic carboxylic acids is 1. The Bertz CT molecular complexity index is 934. The van der Waals surface area contributed by atoms with E-state index >= 15 is 0 Å². The Balaban J connectivity index is 2.04. The molecule has 1 amide bonds. The van der Waals surface area contributed by atoms with Crippen LogP contribution in [-0.4, -0.2) is 24.1 Å². The number of anilines is 1. The molecule has 0 fully saturated rings. The highest BCUT2D eigenvalue weighted by Crippen LogP contribution is 2.24. The fraction of sp³-hybridized carbons (Fsp3) is 0.0556. The van der Waals surface area contributed by atoms with E-state index in [9.17, 15) is 14.7 Å². The molecule has 0 aliphatic carbocycles. The Morgan fingerprint density at radius 1 is 1.26 bits per heavy atom. The summed E-state index contributed by atoms with van der Waals surface area (Å²) in [5.74, 6) is -1.23. The fourth-order valence-corrected chi connectivity index (χ4v) is 2.81. The number of thiocarbonyl (C=S) groups is 1. The monoisotopic (exact) mass is 467 g/mol. The van der Waals surface area contributed by atoms with Crippen LogP contribution in [-0.2, 0) is 4.79 Å². The molecule has 0 aliphatic heterocycles. The first-order valence-corrected chi connectivity index (χ1v) is 9.02. The van der Waals surface area contributed by atoms with Gasteiger partial charge in [0.2, 0.25) is 5.91 Å². The van der Waals surface area contributed by atoms with Crippen molar-refractivity contribution >= 4 is 68.5 Å². The second-order valence-electron chi connectivity index (χ2n) is 5.15. The molecule has 2 aromatic rings. The molecule has 2 rings (SSSR count). The standard InChI is InChI=1S/C18H14BrClN2O4S/c1-26-15-6-4-12(19)8-10(15)3-7-16(23)22-18(27)21-14-9-11(17(24)25)2-5-13(14)20/h2-9H,1H3,(H,24,25)(H2,21,22,23,27)/p-1/b7-3+. The van der Waals surface area contributed by atoms with Crippen molar-refractivity contribution in [3.05, 3.63) is 63.1 Å². The molecule has 2 aromatic carbocycles. The molecular formula is C18H13BrClN2O4S-. The molecule has 0 aromatic heterocycles. The minimum absolute atomic E-state index is 0.0387. The number of nitrogens with one attached hydrogen (secondary N) is 2. The minimum Gasteiger partial charge on any atom is -0.545 e. The molecule has 0 aliphatic rings. The number of rotatable bonds is 5. The number of methoxy groups -OCH3 is 1. The molecule has 0 unspecified atom stereocenters. The van der Waals surface area contributed by atoms with Crippen molar-refractivity contribution < 1.29 is 19.4 Å². The zero-order valence-corrected chi connectivity index (χ0v) is 17.1. The Labute approximate surface area is 174 Å². The molecule has 0 spiro atoms. The first kappa shape index (κ1) is 20.9. The maximum Gasteiger partial charge on any atom is 0.250 e. The van der Waals surface area contributed by atoms with Crippen LogP contribution in [0.4, 0.5) is 5.69 Å². The number of carbonyl (C=O) groups excluding carboxylic acids is 2. The van der Waals surface area contributed by atoms with E-state index in [0.29, 0.717) is 11.3 Å². The van der Waals surface area contributed by atoms with Gasteiger partial charge in [-0.25, -0.2) is 0 Å². The van der Waals surface area contributed by atoms with E-state index in [2.05, 4.69) is 26.6 Å². The molecule has 6 nitrogen and oxygen atoms in total. The third-order valence-electron chi connectivity index (χ3n) is 3.29. The van der Waals surface area contributed by atoms with Crippen LogP contribution in [0.2, 0.25) is 5.02 Å². The van der Waals surface area contributed by atoms with E-state index in [0.717, 1.165) is 4.47 Å². The summed E-state index contributed by atoms with van der Waals surface area (Å²) in [7, 11) is 1.53. The number of carboxylic acid groups (broad SMARTS) is 1. The quantitative estimate of drug-likeness (QED) is 0.518. The number of amides is 1. The number of halogens is 2. The molecule has 0 radical (unpaired) electrons. The molecule has 0 saturated carbocycles. The number of hydrogen-bond acceptors (Lipinski definition) is 5. The number of carboxylic acids is 1. The van der Waals surface area contributed by atoms with Gasteiger partial charge < -0.3 is 20.0 Å². The van der Waals surface area contributed by atoms with Crippen LogP contribution in [0.3, 0.4) is 0 Å². The predicted molar refractivity (Wildman–Crippen MR) is 110 cm³/mol. The zero-order chi connectivity index (χ0) is 20.0. The number of carbonyl (C=O) groups is 2. The van der Waals surface area contributed by atoms with E-state index in [1.54, 1.807) is 18.2 Å². The Morgan fingerprint density at radius 3 is 2.67 bits per heavy atom. The maximum atomic E-state index is 12.0. The lowest BCUT2D eigenvalue weighted by Crippen LogP contribution is -2.33. The average molecular weight is 469 g/mol. The second kappa shape index (κ2) is 9.50. The van der Waals surface area contributed by atoms with Gasteiger partial charge in [-0.05, 0) is 54.2 Å². The number of ether oxygens (including phenoxy) is 1. The average Bonchev–Trinajstić information content (AvgIpc) is 2.61. The van der Waals surface area contributed by atoms with E-state index in [4.69, 9.17) is 28.6 Å². The Kier molecular flexibility index (Phi) is 7.35. The first-order valence-electron chi connectivity index (χ1n) is 7.44. The van der Waals surface area contributed by atoms with Crippen molar-refractivity contribution in [1.29, 1.82) is 0 Å². The van der Waals surface area contributed by atoms with Crippen LogP contribution in [0, 0.1) is 0 Å². The van der Waals surface area contributed by atoms with Crippen LogP contribution in [0.15, 0.2) is 46.9 Å². The Hall–Kier alpha value is -2.42. The van der Waals surface area contributed by atoms with Gasteiger partial charge in [-0.3, -0.25) is 10.1 Å². The molecule has 2 N–H and O–H groups in total. The lowest BCUT2D eigenvalue weighted by atomic mass is 10.2. The van der Waals surface area contributed by atoms with Gasteiger partial charge in [-0.1, -0.05) is 33.6 Å². The molecular weight excluding hydrogens is 456 g/mol. The summed E-state index contributed by atoms with van der Waals surface area (Å²) in [5, 5.41) is 16.2. The molecule has 0 atom stereocenters. The topological polar surface area (TPSA) is 90.5 Å². The maximum absolute atomic E-state index is 12.0. The van der Waals surface area contributed by atoms with Crippen molar-refractivity contribution in [3.8, 4) is 5.75 Å². The summed E-state index contributed by atoms with van der Waals surface area (Å²) in [5.41, 5.74) is 0.865. The van der Waals surface area contributed by atoms with Crippen LogP contribution in [0.1, 0.15) is 15.9 Å². The van der Waals surface area contributed by atoms with Crippen molar-refractivity contribution in [2.75, 3.05) is 12.4 Å². The van der Waals surface area contributed by atoms with Crippen LogP contribution < -0.4 is 20.5 Å². The Morgan fingerprint density at radius 2 is 2.00 bits per heavy atom. The molecule has 140 valence electrons. The predicted octanol–water partition coefficient (Wildman–Crippen LogP) is 3.00. The van der Waals surface area contributed by atoms with Gasteiger partial charge in [-0.15, -0.1) is 0 Å². The molecule has 0 saturated heterocycles. The number of benzene rings is 2. The third-order valence-corrected chi connectivity index (χ3v) is 4.32. The molecule has 0 bridgehead atoms. The van der Waals surface area contributed by atoms with Crippen LogP contribution in [0.25, 0.3) is 6.08 Å². The lowest BCUT2D eigenvalue weighted by Gasteiger charge is -2.12. The van der Waals surface area contributed by atoms with E-state index < -0.39 is 11.9 Å². The van der Waals surface area contributed by atoms with E-state index in [1.807, 2.05) is 6.07 Å². The largest absolute Gasteiger partial charge is 0.545 e. The minimum atomic E-state index is -1.35. The SMILES string of the molecule is COc1ccc(Br)cc1/C=C/C(=O)NC(=S)Nc1cc(C(=O)[O-])ccc1Cl. The molecule has 0 heterocycles. The van der Waals surface area contributed by atoms with Crippen molar-refractivity contribution in [2.24, 2.45) is 0 Å². The summed E-state index contributed by atoms with van der Waals surface area (Å²) >= 11 is 14.4. The van der Waals surface area contributed by atoms with Crippen molar-refractivity contribution in [2.45, 2.75) is 0 Å². The smallest absolute Gasteiger partial charge is 0.250 e. The van der Waals surface area contributed by atoms with Gasteiger partial charge >= 0.3 is 0 Å². The molecule has 9 heteroatoms. The lowest BCUT2D eigenvalue weighted by molar-refractivity contribution is -0.255. The summed E-state index contributed by atoms with van der Waals surface area (Å²) in [6.07, 6.45) is 2.86. The highest BCUT2D eigenvalue weighted by molar-refractivity contribution is 9.10. The van der Waals surface area contributed by atoms with E-state index in [-0.39, 0.29) is 21.4 Å². The van der Waals surface area contributed by atoms with Crippen molar-refractivity contribution in [3.63, 3.8) is 0 Å². The van der Waals surface area contributed by atoms with E-state index in [1.165, 1.54) is 31.4 Å². The van der Waals surface area contributed by atoms with Gasteiger partial charge in [0.15, 0.2) is 5.11 Å². The highest BCUT2D eigenvalue weighted by Gasteiger charge is 2.07.